The van der Waals surface area contributed by atoms with Crippen LogP contribution in [0.3, 0.4) is 0 Å². The lowest BCUT2D eigenvalue weighted by Gasteiger charge is -2.33. The molecule has 1 aliphatic heterocycles. The summed E-state index contributed by atoms with van der Waals surface area (Å²) in [6, 6.07) is 11.7. The van der Waals surface area contributed by atoms with Crippen LogP contribution in [0, 0.1) is 6.92 Å². The Balaban J connectivity index is 1.32. The number of aromatic amines is 2. The molecule has 1 saturated heterocycles. The molecular formula is C25H25N7O2. The summed E-state index contributed by atoms with van der Waals surface area (Å²) < 4.78 is 3.48. The molecule has 9 nitrogen and oxygen atoms in total. The molecule has 34 heavy (non-hydrogen) atoms. The van der Waals surface area contributed by atoms with Gasteiger partial charge in [-0.25, -0.2) is 9.78 Å². The van der Waals surface area contributed by atoms with Crippen LogP contribution in [0.15, 0.2) is 53.6 Å². The Morgan fingerprint density at radius 3 is 2.82 bits per heavy atom. The molecule has 0 saturated carbocycles. The molecule has 0 radical (unpaired) electrons. The molecule has 1 fully saturated rings. The fourth-order valence-electron chi connectivity index (χ4n) is 5.00. The summed E-state index contributed by atoms with van der Waals surface area (Å²) in [4.78, 5) is 36.0. The van der Waals surface area contributed by atoms with Crippen LogP contribution < -0.4 is 5.69 Å². The maximum absolute atomic E-state index is 13.3. The third-order valence-corrected chi connectivity index (χ3v) is 6.84. The predicted octanol–water partition coefficient (Wildman–Crippen LogP) is 3.39. The summed E-state index contributed by atoms with van der Waals surface area (Å²) in [5, 5.41) is 8.18. The van der Waals surface area contributed by atoms with E-state index in [1.807, 2.05) is 52.9 Å². The number of amides is 1. The zero-order valence-electron chi connectivity index (χ0n) is 19.1. The summed E-state index contributed by atoms with van der Waals surface area (Å²) >= 11 is 0. The van der Waals surface area contributed by atoms with Gasteiger partial charge in [-0.15, -0.1) is 0 Å². The van der Waals surface area contributed by atoms with Crippen molar-refractivity contribution in [1.82, 2.24) is 34.2 Å². The SMILES string of the molecule is Cc1ccc(-c2cc(C(=O)N3CCC[C@@H](n4c(=O)n(C)c5cnc6[nH]ccc6c54)C3)[nH]n2)cc1. The van der Waals surface area contributed by atoms with Crippen LogP contribution in [-0.2, 0) is 7.05 Å². The van der Waals surface area contributed by atoms with Gasteiger partial charge in [-0.1, -0.05) is 29.8 Å². The molecule has 1 aliphatic rings. The van der Waals surface area contributed by atoms with Gasteiger partial charge in [0.1, 0.15) is 11.3 Å². The van der Waals surface area contributed by atoms with Gasteiger partial charge in [0.15, 0.2) is 0 Å². The van der Waals surface area contributed by atoms with Crippen molar-refractivity contribution < 1.29 is 4.79 Å². The monoisotopic (exact) mass is 455 g/mol. The Morgan fingerprint density at radius 2 is 2.00 bits per heavy atom. The summed E-state index contributed by atoms with van der Waals surface area (Å²) in [6.07, 6.45) is 5.21. The topological polar surface area (TPSA) is 105 Å². The van der Waals surface area contributed by atoms with Crippen molar-refractivity contribution >= 4 is 28.0 Å². The number of H-pyrrole nitrogens is 2. The first kappa shape index (κ1) is 20.5. The van der Waals surface area contributed by atoms with E-state index in [4.69, 9.17) is 0 Å². The Morgan fingerprint density at radius 1 is 1.18 bits per heavy atom. The molecule has 172 valence electrons. The molecule has 1 atom stereocenters. The van der Waals surface area contributed by atoms with E-state index in [2.05, 4.69) is 20.2 Å². The van der Waals surface area contributed by atoms with Crippen LogP contribution in [0.2, 0.25) is 0 Å². The van der Waals surface area contributed by atoms with Crippen LogP contribution in [0.5, 0.6) is 0 Å². The van der Waals surface area contributed by atoms with Crippen LogP contribution in [-0.4, -0.2) is 53.2 Å². The first-order chi connectivity index (χ1) is 16.5. The van der Waals surface area contributed by atoms with Crippen molar-refractivity contribution in [3.05, 3.63) is 70.5 Å². The Hall–Kier alpha value is -4.14. The number of likely N-dealkylation sites (tertiary alicyclic amines) is 1. The predicted molar refractivity (Wildman–Crippen MR) is 130 cm³/mol. The van der Waals surface area contributed by atoms with E-state index in [1.165, 1.54) is 5.56 Å². The van der Waals surface area contributed by atoms with Crippen molar-refractivity contribution in [3.8, 4) is 11.3 Å². The van der Waals surface area contributed by atoms with Crippen molar-refractivity contribution in [2.24, 2.45) is 7.05 Å². The minimum absolute atomic E-state index is 0.0898. The molecule has 9 heteroatoms. The van der Waals surface area contributed by atoms with E-state index in [0.717, 1.165) is 46.2 Å². The van der Waals surface area contributed by atoms with Crippen molar-refractivity contribution in [3.63, 3.8) is 0 Å². The van der Waals surface area contributed by atoms with Gasteiger partial charge in [0.2, 0.25) is 0 Å². The van der Waals surface area contributed by atoms with Gasteiger partial charge >= 0.3 is 5.69 Å². The molecule has 2 N–H and O–H groups in total. The minimum Gasteiger partial charge on any atom is -0.346 e. The summed E-state index contributed by atoms with van der Waals surface area (Å²) in [7, 11) is 1.77. The molecular weight excluding hydrogens is 430 g/mol. The number of pyridine rings is 1. The quantitative estimate of drug-likeness (QED) is 0.435. The highest BCUT2D eigenvalue weighted by molar-refractivity contribution is 6.01. The second-order valence-corrected chi connectivity index (χ2v) is 9.02. The zero-order chi connectivity index (χ0) is 23.4. The Labute approximate surface area is 195 Å². The fourth-order valence-corrected chi connectivity index (χ4v) is 5.00. The van der Waals surface area contributed by atoms with E-state index in [-0.39, 0.29) is 17.6 Å². The number of fused-ring (bicyclic) bond motifs is 3. The minimum atomic E-state index is -0.117. The number of rotatable bonds is 3. The standard InChI is InChI=1S/C25H25N7O2/c1-15-5-7-16(8-6-15)19-12-20(29-28-19)24(33)31-11-3-4-17(14-31)32-22-18-9-10-26-23(18)27-13-21(22)30(2)25(32)34/h5-10,12-13,17H,3-4,11,14H2,1-2H3,(H,26,27)(H,28,29)/t17-/m1/s1. The number of aromatic nitrogens is 6. The average molecular weight is 456 g/mol. The molecule has 4 aromatic heterocycles. The average Bonchev–Trinajstić information content (AvgIpc) is 3.58. The third kappa shape index (κ3) is 3.15. The van der Waals surface area contributed by atoms with Gasteiger partial charge in [-0.05, 0) is 31.9 Å². The van der Waals surface area contributed by atoms with Crippen LogP contribution >= 0.6 is 0 Å². The summed E-state index contributed by atoms with van der Waals surface area (Å²) in [6.45, 7) is 3.15. The van der Waals surface area contributed by atoms with Crippen molar-refractivity contribution in [2.45, 2.75) is 25.8 Å². The molecule has 1 amide bonds. The Kier molecular flexibility index (Phi) is 4.65. The largest absolute Gasteiger partial charge is 0.346 e. The van der Waals surface area contributed by atoms with Gasteiger partial charge in [-0.2, -0.15) is 5.10 Å². The third-order valence-electron chi connectivity index (χ3n) is 6.84. The van der Waals surface area contributed by atoms with E-state index >= 15 is 0 Å². The number of carbonyl (C=O) groups is 1. The van der Waals surface area contributed by atoms with E-state index in [0.29, 0.717) is 18.8 Å². The second-order valence-electron chi connectivity index (χ2n) is 9.02. The highest BCUT2D eigenvalue weighted by atomic mass is 16.2. The highest BCUT2D eigenvalue weighted by Crippen LogP contribution is 2.29. The van der Waals surface area contributed by atoms with Crippen molar-refractivity contribution in [2.75, 3.05) is 13.1 Å². The Bertz CT molecular complexity index is 1590. The molecule has 0 aliphatic carbocycles. The maximum atomic E-state index is 13.3. The number of aryl methyl sites for hydroxylation is 2. The first-order valence-electron chi connectivity index (χ1n) is 11.5. The molecule has 0 bridgehead atoms. The van der Waals surface area contributed by atoms with E-state index in [1.54, 1.807) is 23.9 Å². The van der Waals surface area contributed by atoms with Gasteiger partial charge in [0, 0.05) is 37.3 Å². The van der Waals surface area contributed by atoms with Crippen molar-refractivity contribution in [1.29, 1.82) is 0 Å². The highest BCUT2D eigenvalue weighted by Gasteiger charge is 2.30. The lowest BCUT2D eigenvalue weighted by atomic mass is 10.0. The van der Waals surface area contributed by atoms with E-state index < -0.39 is 0 Å². The second kappa shape index (κ2) is 7.72. The number of nitrogens with zero attached hydrogens (tertiary/aromatic N) is 5. The molecule has 5 aromatic rings. The van der Waals surface area contributed by atoms with Gasteiger partial charge in [0.05, 0.1) is 29.0 Å². The molecule has 0 unspecified atom stereocenters. The normalized spacial score (nSPS) is 16.5. The number of piperidine rings is 1. The van der Waals surface area contributed by atoms with Gasteiger partial charge in [0.25, 0.3) is 5.91 Å². The van der Waals surface area contributed by atoms with E-state index in [9.17, 15) is 9.59 Å². The number of carbonyl (C=O) groups excluding carboxylic acids is 1. The lowest BCUT2D eigenvalue weighted by Crippen LogP contribution is -2.43. The fraction of sp³-hybridized carbons (Fsp3) is 0.280. The number of imidazole rings is 1. The smallest absolute Gasteiger partial charge is 0.329 e. The number of nitrogens with one attached hydrogen (secondary N) is 2. The van der Waals surface area contributed by atoms with Gasteiger partial charge < -0.3 is 9.88 Å². The molecule has 6 rings (SSSR count). The number of hydrogen-bond donors (Lipinski definition) is 2. The number of benzene rings is 1. The summed E-state index contributed by atoms with van der Waals surface area (Å²) in [5.41, 5.74) is 5.64. The first-order valence-corrected chi connectivity index (χ1v) is 11.5. The maximum Gasteiger partial charge on any atom is 0.329 e. The zero-order valence-corrected chi connectivity index (χ0v) is 19.1. The number of hydrogen-bond acceptors (Lipinski definition) is 4. The van der Waals surface area contributed by atoms with Gasteiger partial charge in [-0.3, -0.25) is 19.0 Å². The van der Waals surface area contributed by atoms with Crippen LogP contribution in [0.4, 0.5) is 0 Å². The van der Waals surface area contributed by atoms with Crippen LogP contribution in [0.1, 0.15) is 34.9 Å². The molecule has 5 heterocycles. The molecule has 1 aromatic carbocycles. The lowest BCUT2D eigenvalue weighted by molar-refractivity contribution is 0.0673. The summed E-state index contributed by atoms with van der Waals surface area (Å²) in [5.74, 6) is -0.0997. The molecule has 0 spiro atoms. The van der Waals surface area contributed by atoms with Crippen LogP contribution in [0.25, 0.3) is 33.3 Å².